The molecule has 0 spiro atoms. The molecule has 2 saturated heterocycles. The lowest BCUT2D eigenvalue weighted by Crippen LogP contribution is -2.32. The van der Waals surface area contributed by atoms with Gasteiger partial charge in [0.2, 0.25) is 0 Å². The first kappa shape index (κ1) is 26.2. The Morgan fingerprint density at radius 3 is 2.09 bits per heavy atom. The van der Waals surface area contributed by atoms with Crippen LogP contribution >= 0.6 is 0 Å². The highest BCUT2D eigenvalue weighted by molar-refractivity contribution is 5.30. The number of unbranched alkanes of at least 4 members (excludes halogenated alkanes) is 2. The van der Waals surface area contributed by atoms with Gasteiger partial charge in [-0.2, -0.15) is 13.2 Å². The Morgan fingerprint density at radius 2 is 1.48 bits per heavy atom. The van der Waals surface area contributed by atoms with Gasteiger partial charge in [0.1, 0.15) is 0 Å². The molecule has 2 fully saturated rings. The van der Waals surface area contributed by atoms with Crippen LogP contribution in [0.2, 0.25) is 0 Å². The van der Waals surface area contributed by atoms with Gasteiger partial charge >= 0.3 is 6.18 Å². The molecule has 0 unspecified atom stereocenters. The van der Waals surface area contributed by atoms with E-state index < -0.39 is 30.6 Å². The second kappa shape index (κ2) is 12.9. The SMILES string of the molecule is CCCC[C@H]1CO[C@H](CCCC[C@H]2CO[C@H](c3ccc(OCC(F)(F)F)c(F)c3)OC2)OC1. The first-order valence-electron chi connectivity index (χ1n) is 11.8. The molecule has 0 saturated carbocycles. The van der Waals surface area contributed by atoms with Gasteiger partial charge in [-0.05, 0) is 37.8 Å². The van der Waals surface area contributed by atoms with Crippen LogP contribution in [0.3, 0.4) is 0 Å². The third kappa shape index (κ3) is 9.03. The molecule has 0 N–H and O–H groups in total. The summed E-state index contributed by atoms with van der Waals surface area (Å²) in [7, 11) is 0. The predicted molar refractivity (Wildman–Crippen MR) is 113 cm³/mol. The largest absolute Gasteiger partial charge is 0.481 e. The second-order valence-electron chi connectivity index (χ2n) is 8.85. The van der Waals surface area contributed by atoms with Gasteiger partial charge in [0.25, 0.3) is 0 Å². The van der Waals surface area contributed by atoms with Crippen LogP contribution in [-0.4, -0.2) is 45.5 Å². The molecule has 0 aromatic heterocycles. The maximum Gasteiger partial charge on any atom is 0.422 e. The fourth-order valence-corrected chi connectivity index (χ4v) is 4.00. The number of alkyl halides is 3. The molecular formula is C24H34F4O5. The normalized spacial score (nSPS) is 26.3. The topological polar surface area (TPSA) is 46.2 Å². The van der Waals surface area contributed by atoms with Gasteiger partial charge in [-0.15, -0.1) is 0 Å². The highest BCUT2D eigenvalue weighted by atomic mass is 19.4. The summed E-state index contributed by atoms with van der Waals surface area (Å²) in [5, 5.41) is 0. The number of halogens is 4. The third-order valence-electron chi connectivity index (χ3n) is 5.89. The highest BCUT2D eigenvalue weighted by Gasteiger charge is 2.29. The van der Waals surface area contributed by atoms with E-state index in [1.165, 1.54) is 18.9 Å². The molecule has 2 aliphatic rings. The Hall–Kier alpha value is -1.42. The average molecular weight is 479 g/mol. The van der Waals surface area contributed by atoms with Crippen LogP contribution in [-0.2, 0) is 18.9 Å². The van der Waals surface area contributed by atoms with E-state index in [0.29, 0.717) is 24.7 Å². The molecule has 2 aliphatic heterocycles. The van der Waals surface area contributed by atoms with Gasteiger partial charge in [0.05, 0.1) is 26.4 Å². The summed E-state index contributed by atoms with van der Waals surface area (Å²) < 4.78 is 78.3. The van der Waals surface area contributed by atoms with Crippen molar-refractivity contribution in [2.45, 2.75) is 70.6 Å². The fourth-order valence-electron chi connectivity index (χ4n) is 4.00. The lowest BCUT2D eigenvalue weighted by molar-refractivity contribution is -0.208. The van der Waals surface area contributed by atoms with E-state index in [-0.39, 0.29) is 12.2 Å². The van der Waals surface area contributed by atoms with Crippen molar-refractivity contribution in [3.8, 4) is 5.75 Å². The molecule has 0 bridgehead atoms. The molecule has 5 nitrogen and oxygen atoms in total. The molecule has 9 heteroatoms. The van der Waals surface area contributed by atoms with E-state index in [1.807, 2.05) is 0 Å². The fraction of sp³-hybridized carbons (Fsp3) is 0.750. The highest BCUT2D eigenvalue weighted by Crippen LogP contribution is 2.31. The Kier molecular flexibility index (Phi) is 10.2. The molecule has 33 heavy (non-hydrogen) atoms. The number of benzene rings is 1. The van der Waals surface area contributed by atoms with E-state index in [0.717, 1.165) is 57.5 Å². The van der Waals surface area contributed by atoms with Gasteiger partial charge in [0.15, 0.2) is 30.8 Å². The van der Waals surface area contributed by atoms with Crippen molar-refractivity contribution in [1.82, 2.24) is 0 Å². The second-order valence-corrected chi connectivity index (χ2v) is 8.85. The summed E-state index contributed by atoms with van der Waals surface area (Å²) in [5.74, 6) is -0.572. The van der Waals surface area contributed by atoms with Crippen LogP contribution in [0.5, 0.6) is 5.75 Å². The first-order chi connectivity index (χ1) is 15.8. The third-order valence-corrected chi connectivity index (χ3v) is 5.89. The van der Waals surface area contributed by atoms with E-state index in [2.05, 4.69) is 11.7 Å². The van der Waals surface area contributed by atoms with Crippen molar-refractivity contribution in [3.63, 3.8) is 0 Å². The van der Waals surface area contributed by atoms with Crippen molar-refractivity contribution in [2.24, 2.45) is 11.8 Å². The van der Waals surface area contributed by atoms with Gasteiger partial charge < -0.3 is 23.7 Å². The molecule has 1 aromatic rings. The zero-order chi connectivity index (χ0) is 23.7. The molecule has 0 amide bonds. The van der Waals surface area contributed by atoms with Crippen LogP contribution in [0.25, 0.3) is 0 Å². The van der Waals surface area contributed by atoms with E-state index in [1.54, 1.807) is 0 Å². The molecular weight excluding hydrogens is 444 g/mol. The lowest BCUT2D eigenvalue weighted by Gasteiger charge is -2.30. The van der Waals surface area contributed by atoms with E-state index in [9.17, 15) is 17.6 Å². The Morgan fingerprint density at radius 1 is 0.879 bits per heavy atom. The number of hydrogen-bond donors (Lipinski definition) is 0. The van der Waals surface area contributed by atoms with Crippen LogP contribution in [0.1, 0.15) is 63.7 Å². The summed E-state index contributed by atoms with van der Waals surface area (Å²) in [5.41, 5.74) is 0.411. The van der Waals surface area contributed by atoms with E-state index in [4.69, 9.17) is 18.9 Å². The maximum atomic E-state index is 14.1. The summed E-state index contributed by atoms with van der Waals surface area (Å²) >= 11 is 0. The van der Waals surface area contributed by atoms with E-state index >= 15 is 0 Å². The zero-order valence-corrected chi connectivity index (χ0v) is 19.1. The quantitative estimate of drug-likeness (QED) is 0.281. The van der Waals surface area contributed by atoms with Crippen molar-refractivity contribution in [2.75, 3.05) is 33.0 Å². The van der Waals surface area contributed by atoms with Crippen molar-refractivity contribution in [1.29, 1.82) is 0 Å². The van der Waals surface area contributed by atoms with Gasteiger partial charge in [0, 0.05) is 17.4 Å². The summed E-state index contributed by atoms with van der Waals surface area (Å²) in [6.45, 7) is 3.18. The summed E-state index contributed by atoms with van der Waals surface area (Å²) in [6, 6.07) is 3.71. The minimum absolute atomic E-state index is 0.107. The van der Waals surface area contributed by atoms with Crippen molar-refractivity contribution >= 4 is 0 Å². The van der Waals surface area contributed by atoms with Crippen molar-refractivity contribution in [3.05, 3.63) is 29.6 Å². The lowest BCUT2D eigenvalue weighted by atomic mass is 10.0. The molecule has 3 rings (SSSR count). The van der Waals surface area contributed by atoms with Gasteiger partial charge in [-0.3, -0.25) is 0 Å². The monoisotopic (exact) mass is 478 g/mol. The van der Waals surface area contributed by atoms with Crippen molar-refractivity contribution < 1.29 is 41.2 Å². The Labute approximate surface area is 192 Å². The number of ether oxygens (including phenoxy) is 5. The smallest absolute Gasteiger partial charge is 0.422 e. The number of rotatable bonds is 11. The molecule has 188 valence electrons. The molecule has 0 atom stereocenters. The average Bonchev–Trinajstić information content (AvgIpc) is 2.80. The van der Waals surface area contributed by atoms with Gasteiger partial charge in [-0.25, -0.2) is 4.39 Å². The maximum absolute atomic E-state index is 14.1. The first-order valence-corrected chi connectivity index (χ1v) is 11.8. The van der Waals surface area contributed by atoms with Crippen LogP contribution in [0.4, 0.5) is 17.6 Å². The summed E-state index contributed by atoms with van der Waals surface area (Å²) in [4.78, 5) is 0. The van der Waals surface area contributed by atoms with Gasteiger partial charge in [-0.1, -0.05) is 32.3 Å². The summed E-state index contributed by atoms with van der Waals surface area (Å²) in [6.07, 6.45) is 2.01. The molecule has 0 radical (unpaired) electrons. The minimum atomic E-state index is -4.52. The Balaban J connectivity index is 1.30. The number of hydrogen-bond acceptors (Lipinski definition) is 5. The predicted octanol–water partition coefficient (Wildman–Crippen LogP) is 6.17. The zero-order valence-electron chi connectivity index (χ0n) is 19.1. The molecule has 1 aromatic carbocycles. The van der Waals surface area contributed by atoms with Crippen LogP contribution in [0, 0.1) is 17.7 Å². The standard InChI is InChI=1S/C24H34F4O5/c1-2-3-6-17-12-29-22(30-13-17)8-5-4-7-18-14-31-23(32-15-18)19-9-10-21(20(25)11-19)33-16-24(26,27)28/h9-11,17-18,22-23H,2-8,12-16H2,1H3/t17-,18-,22-,23-. The molecule has 0 aliphatic carbocycles. The molecule has 2 heterocycles. The van der Waals surface area contributed by atoms with Crippen LogP contribution in [0.15, 0.2) is 18.2 Å². The van der Waals surface area contributed by atoms with Crippen LogP contribution < -0.4 is 4.74 Å². The Bertz CT molecular complexity index is 699. The minimum Gasteiger partial charge on any atom is -0.481 e.